The second kappa shape index (κ2) is 6.32. The lowest BCUT2D eigenvalue weighted by Crippen LogP contribution is -2.26. The first-order chi connectivity index (χ1) is 9.58. The Bertz CT molecular complexity index is 607. The maximum absolute atomic E-state index is 12.3. The monoisotopic (exact) mass is 272 g/mol. The van der Waals surface area contributed by atoms with Crippen molar-refractivity contribution in [1.82, 2.24) is 14.5 Å². The minimum absolute atomic E-state index is 0.00750. The number of nitrogens with one attached hydrogen (secondary N) is 1. The fourth-order valence-electron chi connectivity index (χ4n) is 2.02. The molecule has 20 heavy (non-hydrogen) atoms. The van der Waals surface area contributed by atoms with Gasteiger partial charge in [-0.1, -0.05) is 13.8 Å². The molecule has 5 heteroatoms. The maximum atomic E-state index is 12.3. The van der Waals surface area contributed by atoms with Crippen LogP contribution in [0.15, 0.2) is 41.7 Å². The molecule has 2 aromatic rings. The number of pyridine rings is 1. The van der Waals surface area contributed by atoms with Crippen LogP contribution in [0.1, 0.15) is 32.4 Å². The Kier molecular flexibility index (Phi) is 4.50. The van der Waals surface area contributed by atoms with Gasteiger partial charge in [-0.2, -0.15) is 0 Å². The van der Waals surface area contributed by atoms with Crippen LogP contribution in [0.5, 0.6) is 0 Å². The number of anilines is 1. The molecule has 1 N–H and O–H groups in total. The highest BCUT2D eigenvalue weighted by Crippen LogP contribution is 2.14. The summed E-state index contributed by atoms with van der Waals surface area (Å²) in [5, 5.41) is 3.17. The van der Waals surface area contributed by atoms with E-state index < -0.39 is 0 Å². The first-order valence-electron chi connectivity index (χ1n) is 6.80. The van der Waals surface area contributed by atoms with Gasteiger partial charge in [-0.15, -0.1) is 0 Å². The second-order valence-electron chi connectivity index (χ2n) is 5.27. The molecule has 2 rings (SSSR count). The Morgan fingerprint density at radius 1 is 1.20 bits per heavy atom. The van der Waals surface area contributed by atoms with Gasteiger partial charge in [0.05, 0.1) is 6.04 Å². The summed E-state index contributed by atoms with van der Waals surface area (Å²) in [7, 11) is 0. The van der Waals surface area contributed by atoms with Gasteiger partial charge in [0, 0.05) is 31.3 Å². The normalized spacial score (nSPS) is 12.4. The van der Waals surface area contributed by atoms with Crippen molar-refractivity contribution < 1.29 is 0 Å². The van der Waals surface area contributed by atoms with E-state index in [-0.39, 0.29) is 11.6 Å². The third-order valence-corrected chi connectivity index (χ3v) is 3.03. The molecule has 0 aliphatic heterocycles. The van der Waals surface area contributed by atoms with Crippen LogP contribution in [-0.4, -0.2) is 14.5 Å². The molecule has 0 aliphatic rings. The SMILES string of the molecule is CC(C)Cn1ccnc(NC(C)c2ccncc2)c1=O. The number of hydrogen-bond donors (Lipinski definition) is 1. The van der Waals surface area contributed by atoms with Crippen LogP contribution in [0.2, 0.25) is 0 Å². The Labute approximate surface area is 118 Å². The average Bonchev–Trinajstić information content (AvgIpc) is 2.43. The van der Waals surface area contributed by atoms with Gasteiger partial charge in [0.1, 0.15) is 0 Å². The van der Waals surface area contributed by atoms with Gasteiger partial charge in [-0.25, -0.2) is 4.98 Å². The molecule has 1 unspecified atom stereocenters. The zero-order chi connectivity index (χ0) is 14.5. The largest absolute Gasteiger partial charge is 0.359 e. The van der Waals surface area contributed by atoms with E-state index in [4.69, 9.17) is 0 Å². The zero-order valence-electron chi connectivity index (χ0n) is 12.1. The molecule has 0 spiro atoms. The van der Waals surface area contributed by atoms with Gasteiger partial charge in [-0.05, 0) is 30.5 Å². The number of hydrogen-bond acceptors (Lipinski definition) is 4. The highest BCUT2D eigenvalue weighted by molar-refractivity contribution is 5.35. The van der Waals surface area contributed by atoms with Crippen LogP contribution < -0.4 is 10.9 Å². The molecule has 0 aromatic carbocycles. The van der Waals surface area contributed by atoms with Crippen LogP contribution in [-0.2, 0) is 6.54 Å². The zero-order valence-corrected chi connectivity index (χ0v) is 12.1. The van der Waals surface area contributed by atoms with Crippen LogP contribution >= 0.6 is 0 Å². The molecule has 1 atom stereocenters. The van der Waals surface area contributed by atoms with Gasteiger partial charge in [0.25, 0.3) is 5.56 Å². The maximum Gasteiger partial charge on any atom is 0.293 e. The van der Waals surface area contributed by atoms with Crippen LogP contribution in [0.4, 0.5) is 5.82 Å². The Balaban J connectivity index is 2.20. The van der Waals surface area contributed by atoms with Crippen LogP contribution in [0.3, 0.4) is 0 Å². The summed E-state index contributed by atoms with van der Waals surface area (Å²) >= 11 is 0. The molecule has 0 bridgehead atoms. The molecule has 0 fully saturated rings. The molecule has 2 heterocycles. The van der Waals surface area contributed by atoms with Gasteiger partial charge in [-0.3, -0.25) is 9.78 Å². The van der Waals surface area contributed by atoms with Crippen LogP contribution in [0.25, 0.3) is 0 Å². The summed E-state index contributed by atoms with van der Waals surface area (Å²) in [5.74, 6) is 0.804. The summed E-state index contributed by atoms with van der Waals surface area (Å²) in [6.45, 7) is 6.86. The summed E-state index contributed by atoms with van der Waals surface area (Å²) in [5.41, 5.74) is 0.988. The van der Waals surface area contributed by atoms with E-state index in [1.807, 2.05) is 19.1 Å². The molecule has 106 valence electrons. The predicted octanol–water partition coefficient (Wildman–Crippen LogP) is 2.47. The second-order valence-corrected chi connectivity index (χ2v) is 5.27. The van der Waals surface area contributed by atoms with Gasteiger partial charge in [0.15, 0.2) is 5.82 Å². The van der Waals surface area contributed by atoms with E-state index in [9.17, 15) is 4.79 Å². The summed E-state index contributed by atoms with van der Waals surface area (Å²) < 4.78 is 1.69. The van der Waals surface area contributed by atoms with E-state index in [1.165, 1.54) is 0 Å². The topological polar surface area (TPSA) is 59.8 Å². The quantitative estimate of drug-likeness (QED) is 0.908. The summed E-state index contributed by atoms with van der Waals surface area (Å²) in [6, 6.07) is 3.86. The van der Waals surface area contributed by atoms with Crippen molar-refractivity contribution >= 4 is 5.82 Å². The van der Waals surface area contributed by atoms with E-state index in [2.05, 4.69) is 29.1 Å². The number of rotatable bonds is 5. The lowest BCUT2D eigenvalue weighted by molar-refractivity contribution is 0.509. The van der Waals surface area contributed by atoms with Crippen molar-refractivity contribution in [3.05, 3.63) is 52.8 Å². The molecule has 5 nitrogen and oxygen atoms in total. The highest BCUT2D eigenvalue weighted by Gasteiger charge is 2.10. The van der Waals surface area contributed by atoms with E-state index in [0.717, 1.165) is 5.56 Å². The molecule has 0 saturated heterocycles. The lowest BCUT2D eigenvalue weighted by Gasteiger charge is -2.15. The minimum atomic E-state index is -0.0814. The van der Waals surface area contributed by atoms with Gasteiger partial charge >= 0.3 is 0 Å². The third kappa shape index (κ3) is 3.44. The van der Waals surface area contributed by atoms with Crippen molar-refractivity contribution in [2.45, 2.75) is 33.4 Å². The van der Waals surface area contributed by atoms with E-state index >= 15 is 0 Å². The van der Waals surface area contributed by atoms with Crippen molar-refractivity contribution in [2.75, 3.05) is 5.32 Å². The Morgan fingerprint density at radius 3 is 2.55 bits per heavy atom. The fraction of sp³-hybridized carbons (Fsp3) is 0.400. The van der Waals surface area contributed by atoms with E-state index in [1.54, 1.807) is 29.4 Å². The molecule has 2 aromatic heterocycles. The van der Waals surface area contributed by atoms with Crippen LogP contribution in [0, 0.1) is 5.92 Å². The average molecular weight is 272 g/mol. The lowest BCUT2D eigenvalue weighted by atomic mass is 10.1. The smallest absolute Gasteiger partial charge is 0.293 e. The van der Waals surface area contributed by atoms with Crippen molar-refractivity contribution in [1.29, 1.82) is 0 Å². The van der Waals surface area contributed by atoms with Crippen molar-refractivity contribution in [2.24, 2.45) is 5.92 Å². The molecule has 0 aliphatic carbocycles. The van der Waals surface area contributed by atoms with Crippen molar-refractivity contribution in [3.63, 3.8) is 0 Å². The molecule has 0 saturated carbocycles. The standard InChI is InChI=1S/C15H20N4O/c1-11(2)10-19-9-8-17-14(15(19)20)18-12(3)13-4-6-16-7-5-13/h4-9,11-12H,10H2,1-3H3,(H,17,18). The minimum Gasteiger partial charge on any atom is -0.359 e. The molecule has 0 amide bonds. The highest BCUT2D eigenvalue weighted by atomic mass is 16.1. The van der Waals surface area contributed by atoms with E-state index in [0.29, 0.717) is 18.3 Å². The number of aromatic nitrogens is 3. The first-order valence-corrected chi connectivity index (χ1v) is 6.80. The Hall–Kier alpha value is -2.17. The molecular formula is C15H20N4O. The third-order valence-electron chi connectivity index (χ3n) is 3.03. The fourth-order valence-corrected chi connectivity index (χ4v) is 2.02. The Morgan fingerprint density at radius 2 is 1.90 bits per heavy atom. The van der Waals surface area contributed by atoms with Gasteiger partial charge in [0.2, 0.25) is 0 Å². The molecule has 0 radical (unpaired) electrons. The predicted molar refractivity (Wildman–Crippen MR) is 79.6 cm³/mol. The summed E-state index contributed by atoms with van der Waals surface area (Å²) in [4.78, 5) is 20.4. The van der Waals surface area contributed by atoms with Gasteiger partial charge < -0.3 is 9.88 Å². The van der Waals surface area contributed by atoms with Crippen molar-refractivity contribution in [3.8, 4) is 0 Å². The number of nitrogens with zero attached hydrogens (tertiary/aromatic N) is 3. The molecular weight excluding hydrogens is 252 g/mol. The summed E-state index contributed by atoms with van der Waals surface area (Å²) in [6.07, 6.45) is 6.86. The first kappa shape index (κ1) is 14.2.